The summed E-state index contributed by atoms with van der Waals surface area (Å²) in [5.41, 5.74) is 0. The smallest absolute Gasteiger partial charge is 0.177 e. The van der Waals surface area contributed by atoms with Crippen molar-refractivity contribution in [3.8, 4) is 0 Å². The monoisotopic (exact) mass is 302 g/mol. The molecule has 0 aliphatic heterocycles. The third kappa shape index (κ3) is 1.62. The van der Waals surface area contributed by atoms with Gasteiger partial charge in [0.2, 0.25) is 0 Å². The number of thiophene rings is 1. The SMILES string of the molecule is Fc1cc2ccc3c4cc5ccccc5cc4ccc3c2s1. The Bertz CT molecular complexity index is 1180. The van der Waals surface area contributed by atoms with Gasteiger partial charge in [-0.15, -0.1) is 11.3 Å². The molecule has 0 bridgehead atoms. The van der Waals surface area contributed by atoms with Gasteiger partial charge in [-0.2, -0.15) is 4.39 Å². The van der Waals surface area contributed by atoms with Crippen molar-refractivity contribution in [2.45, 2.75) is 0 Å². The Morgan fingerprint density at radius 2 is 1.32 bits per heavy atom. The van der Waals surface area contributed by atoms with E-state index in [9.17, 15) is 4.39 Å². The molecule has 0 aliphatic carbocycles. The Balaban J connectivity index is 2.01. The average molecular weight is 302 g/mol. The van der Waals surface area contributed by atoms with E-state index in [4.69, 9.17) is 0 Å². The van der Waals surface area contributed by atoms with Crippen LogP contribution < -0.4 is 0 Å². The molecule has 0 N–H and O–H groups in total. The summed E-state index contributed by atoms with van der Waals surface area (Å²) >= 11 is 1.23. The van der Waals surface area contributed by atoms with Gasteiger partial charge < -0.3 is 0 Å². The van der Waals surface area contributed by atoms with Crippen molar-refractivity contribution in [3.63, 3.8) is 0 Å². The molecule has 0 spiro atoms. The molecule has 0 nitrogen and oxygen atoms in total. The fraction of sp³-hybridized carbons (Fsp3) is 0. The molecular formula is C20H11FS. The highest BCUT2D eigenvalue weighted by atomic mass is 32.1. The second kappa shape index (κ2) is 4.28. The summed E-state index contributed by atoms with van der Waals surface area (Å²) < 4.78 is 14.6. The van der Waals surface area contributed by atoms with E-state index in [2.05, 4.69) is 54.6 Å². The number of halogens is 1. The Kier molecular flexibility index (Phi) is 2.36. The Morgan fingerprint density at radius 3 is 2.18 bits per heavy atom. The van der Waals surface area contributed by atoms with E-state index in [1.54, 1.807) is 6.07 Å². The molecule has 1 aromatic heterocycles. The van der Waals surface area contributed by atoms with Crippen LogP contribution >= 0.6 is 11.3 Å². The first kappa shape index (κ1) is 12.1. The molecule has 22 heavy (non-hydrogen) atoms. The van der Waals surface area contributed by atoms with Crippen LogP contribution in [0.25, 0.3) is 42.4 Å². The van der Waals surface area contributed by atoms with Gasteiger partial charge in [0.15, 0.2) is 5.13 Å². The summed E-state index contributed by atoms with van der Waals surface area (Å²) in [4.78, 5) is 0. The maximum Gasteiger partial charge on any atom is 0.177 e. The Morgan fingerprint density at radius 1 is 0.591 bits per heavy atom. The molecule has 0 unspecified atom stereocenters. The second-order valence-electron chi connectivity index (χ2n) is 5.62. The van der Waals surface area contributed by atoms with Gasteiger partial charge in [-0.3, -0.25) is 0 Å². The van der Waals surface area contributed by atoms with E-state index in [1.165, 1.54) is 38.3 Å². The van der Waals surface area contributed by atoms with Crippen LogP contribution in [0.5, 0.6) is 0 Å². The maximum absolute atomic E-state index is 13.6. The number of hydrogen-bond donors (Lipinski definition) is 0. The van der Waals surface area contributed by atoms with Gasteiger partial charge in [0.1, 0.15) is 0 Å². The van der Waals surface area contributed by atoms with Gasteiger partial charge in [-0.25, -0.2) is 0 Å². The highest BCUT2D eigenvalue weighted by molar-refractivity contribution is 7.18. The van der Waals surface area contributed by atoms with Crippen LogP contribution in [0.15, 0.2) is 66.7 Å². The normalized spacial score (nSPS) is 11.9. The lowest BCUT2D eigenvalue weighted by molar-refractivity contribution is 0.658. The second-order valence-corrected chi connectivity index (χ2v) is 6.62. The van der Waals surface area contributed by atoms with Crippen LogP contribution in [-0.2, 0) is 0 Å². The van der Waals surface area contributed by atoms with Crippen LogP contribution in [0, 0.1) is 5.13 Å². The van der Waals surface area contributed by atoms with Crippen LogP contribution in [0.1, 0.15) is 0 Å². The van der Waals surface area contributed by atoms with Gasteiger partial charge in [0, 0.05) is 10.1 Å². The molecule has 2 heteroatoms. The summed E-state index contributed by atoms with van der Waals surface area (Å²) in [6, 6.07) is 22.9. The molecule has 1 heterocycles. The highest BCUT2D eigenvalue weighted by Crippen LogP contribution is 2.36. The van der Waals surface area contributed by atoms with Crippen molar-refractivity contribution in [3.05, 3.63) is 71.9 Å². The molecule has 0 atom stereocenters. The lowest BCUT2D eigenvalue weighted by Crippen LogP contribution is -1.80. The number of rotatable bonds is 0. The van der Waals surface area contributed by atoms with E-state index >= 15 is 0 Å². The molecule has 0 amide bonds. The van der Waals surface area contributed by atoms with Crippen molar-refractivity contribution >= 4 is 53.7 Å². The molecule has 5 aromatic rings. The fourth-order valence-corrected chi connectivity index (χ4v) is 4.21. The van der Waals surface area contributed by atoms with E-state index in [0.717, 1.165) is 15.5 Å². The maximum atomic E-state index is 13.6. The van der Waals surface area contributed by atoms with E-state index in [1.807, 2.05) is 6.07 Å². The third-order valence-electron chi connectivity index (χ3n) is 4.33. The molecule has 0 saturated carbocycles. The predicted octanol–water partition coefficient (Wildman–Crippen LogP) is 6.50. The van der Waals surface area contributed by atoms with E-state index < -0.39 is 0 Å². The zero-order valence-corrected chi connectivity index (χ0v) is 12.5. The van der Waals surface area contributed by atoms with Crippen molar-refractivity contribution in [2.24, 2.45) is 0 Å². The summed E-state index contributed by atoms with van der Waals surface area (Å²) in [6.45, 7) is 0. The number of fused-ring (bicyclic) bond motifs is 6. The molecule has 0 aliphatic rings. The molecule has 4 aromatic carbocycles. The minimum Gasteiger partial charge on any atom is -0.195 e. The lowest BCUT2D eigenvalue weighted by atomic mass is 9.98. The standard InChI is InChI=1S/C20H11FS/c21-19-11-15-6-7-16-17(20(15)22-19)8-5-14-9-12-3-1-2-4-13(12)10-18(14)16/h1-11H. The lowest BCUT2D eigenvalue weighted by Gasteiger charge is -2.07. The first-order valence-corrected chi connectivity index (χ1v) is 8.04. The van der Waals surface area contributed by atoms with Crippen molar-refractivity contribution < 1.29 is 4.39 Å². The van der Waals surface area contributed by atoms with Crippen LogP contribution in [0.2, 0.25) is 0 Å². The van der Waals surface area contributed by atoms with Gasteiger partial charge in [-0.05, 0) is 50.5 Å². The molecule has 0 fully saturated rings. The zero-order chi connectivity index (χ0) is 14.7. The molecule has 5 rings (SSSR count). The van der Waals surface area contributed by atoms with Gasteiger partial charge >= 0.3 is 0 Å². The number of benzene rings is 4. The van der Waals surface area contributed by atoms with Crippen LogP contribution in [-0.4, -0.2) is 0 Å². The average Bonchev–Trinajstić information content (AvgIpc) is 2.93. The van der Waals surface area contributed by atoms with Crippen molar-refractivity contribution in [1.29, 1.82) is 0 Å². The van der Waals surface area contributed by atoms with Gasteiger partial charge in [-0.1, -0.05) is 48.5 Å². The summed E-state index contributed by atoms with van der Waals surface area (Å²) in [5, 5.41) is 8.12. The first-order chi connectivity index (χ1) is 10.8. The summed E-state index contributed by atoms with van der Waals surface area (Å²) in [7, 11) is 0. The van der Waals surface area contributed by atoms with Crippen LogP contribution in [0.3, 0.4) is 0 Å². The third-order valence-corrected chi connectivity index (χ3v) is 5.31. The minimum absolute atomic E-state index is 0.124. The van der Waals surface area contributed by atoms with E-state index in [0.29, 0.717) is 0 Å². The van der Waals surface area contributed by atoms with Crippen LogP contribution in [0.4, 0.5) is 4.39 Å². The summed E-state index contributed by atoms with van der Waals surface area (Å²) in [6.07, 6.45) is 0. The Hall–Kier alpha value is -2.45. The van der Waals surface area contributed by atoms with Gasteiger partial charge in [0.25, 0.3) is 0 Å². The quantitative estimate of drug-likeness (QED) is 0.226. The zero-order valence-electron chi connectivity index (χ0n) is 11.6. The topological polar surface area (TPSA) is 0 Å². The summed E-state index contributed by atoms with van der Waals surface area (Å²) in [5.74, 6) is 0. The molecular weight excluding hydrogens is 291 g/mol. The largest absolute Gasteiger partial charge is 0.195 e. The molecule has 104 valence electrons. The number of hydrogen-bond acceptors (Lipinski definition) is 1. The Labute approximate surface area is 130 Å². The molecule has 0 saturated heterocycles. The fourth-order valence-electron chi connectivity index (χ4n) is 3.30. The van der Waals surface area contributed by atoms with Crippen molar-refractivity contribution in [2.75, 3.05) is 0 Å². The van der Waals surface area contributed by atoms with Gasteiger partial charge in [0.05, 0.1) is 0 Å². The molecule has 0 radical (unpaired) electrons. The predicted molar refractivity (Wildman–Crippen MR) is 94.3 cm³/mol. The van der Waals surface area contributed by atoms with Crippen molar-refractivity contribution in [1.82, 2.24) is 0 Å². The first-order valence-electron chi connectivity index (χ1n) is 7.23. The highest BCUT2D eigenvalue weighted by Gasteiger charge is 2.08. The minimum atomic E-state index is -0.124. The van der Waals surface area contributed by atoms with E-state index in [-0.39, 0.29) is 5.13 Å².